The maximum absolute atomic E-state index is 9.22. The monoisotopic (exact) mass is 311 g/mol. The smallest absolute Gasteiger partial charge is 0.147 e. The summed E-state index contributed by atoms with van der Waals surface area (Å²) in [6, 6.07) is 10.0. The number of aryl methyl sites for hydroxylation is 2. The molecular formula is C17H21N5O. The Balaban J connectivity index is 1.64. The molecule has 0 amide bonds. The summed E-state index contributed by atoms with van der Waals surface area (Å²) in [4.78, 5) is 6.67. The molecule has 0 saturated carbocycles. The maximum atomic E-state index is 9.22. The lowest BCUT2D eigenvalue weighted by atomic mass is 10.1. The number of hydrogen-bond donors (Lipinski definition) is 0. The number of ether oxygens (including phenoxy) is 1. The second-order valence-corrected chi connectivity index (χ2v) is 5.89. The average Bonchev–Trinajstić information content (AvgIpc) is 2.86. The highest BCUT2D eigenvalue weighted by Crippen LogP contribution is 2.15. The Morgan fingerprint density at radius 1 is 1.35 bits per heavy atom. The van der Waals surface area contributed by atoms with E-state index in [4.69, 9.17) is 4.74 Å². The van der Waals surface area contributed by atoms with Crippen LogP contribution in [-0.2, 0) is 17.8 Å². The van der Waals surface area contributed by atoms with Crippen LogP contribution in [0.5, 0.6) is 0 Å². The highest BCUT2D eigenvalue weighted by Gasteiger charge is 2.22. The van der Waals surface area contributed by atoms with Crippen LogP contribution in [0, 0.1) is 25.2 Å². The molecule has 6 heteroatoms. The van der Waals surface area contributed by atoms with Crippen LogP contribution in [0.15, 0.2) is 24.3 Å². The highest BCUT2D eigenvalue weighted by molar-refractivity contribution is 5.37. The molecule has 1 aromatic heterocycles. The number of morpholine rings is 1. The van der Waals surface area contributed by atoms with E-state index in [0.717, 1.165) is 42.4 Å². The van der Waals surface area contributed by atoms with Gasteiger partial charge in [-0.2, -0.15) is 10.4 Å². The number of benzene rings is 1. The van der Waals surface area contributed by atoms with E-state index in [1.807, 2.05) is 42.8 Å². The lowest BCUT2D eigenvalue weighted by molar-refractivity contribution is -0.0405. The van der Waals surface area contributed by atoms with Crippen LogP contribution in [0.3, 0.4) is 0 Å². The summed E-state index contributed by atoms with van der Waals surface area (Å²) < 4.78 is 7.78. The summed E-state index contributed by atoms with van der Waals surface area (Å²) in [5, 5.41) is 13.6. The lowest BCUT2D eigenvalue weighted by Crippen LogP contribution is -2.44. The molecule has 0 radical (unpaired) electrons. The van der Waals surface area contributed by atoms with Gasteiger partial charge in [-0.3, -0.25) is 4.90 Å². The zero-order valence-electron chi connectivity index (χ0n) is 13.6. The van der Waals surface area contributed by atoms with Crippen LogP contribution in [-0.4, -0.2) is 45.5 Å². The third-order valence-corrected chi connectivity index (χ3v) is 4.09. The molecule has 1 saturated heterocycles. The van der Waals surface area contributed by atoms with Crippen LogP contribution >= 0.6 is 0 Å². The molecule has 120 valence electrons. The van der Waals surface area contributed by atoms with E-state index in [9.17, 15) is 5.26 Å². The SMILES string of the molecule is Cc1nc(C)n(C[C@H]2CN(Cc3ccccc3C#N)CCO2)n1. The van der Waals surface area contributed by atoms with Crippen LogP contribution in [0.1, 0.15) is 22.8 Å². The summed E-state index contributed by atoms with van der Waals surface area (Å²) in [6.45, 7) is 7.76. The first kappa shape index (κ1) is 15.7. The molecule has 1 aliphatic heterocycles. The molecule has 0 N–H and O–H groups in total. The fraction of sp³-hybridized carbons (Fsp3) is 0.471. The molecular weight excluding hydrogens is 290 g/mol. The Labute approximate surface area is 136 Å². The first-order chi connectivity index (χ1) is 11.2. The van der Waals surface area contributed by atoms with Gasteiger partial charge in [-0.15, -0.1) is 0 Å². The van der Waals surface area contributed by atoms with Crippen molar-refractivity contribution in [3.63, 3.8) is 0 Å². The first-order valence-corrected chi connectivity index (χ1v) is 7.85. The van der Waals surface area contributed by atoms with Gasteiger partial charge < -0.3 is 4.74 Å². The standard InChI is InChI=1S/C17H21N5O/c1-13-19-14(2)22(20-13)12-17-11-21(7-8-23-17)10-16-6-4-3-5-15(16)9-18/h3-6,17H,7-8,10-12H2,1-2H3/t17-/m1/s1. The fourth-order valence-corrected chi connectivity index (χ4v) is 2.97. The predicted octanol–water partition coefficient (Wildman–Crippen LogP) is 1.67. The van der Waals surface area contributed by atoms with Crippen molar-refractivity contribution in [2.75, 3.05) is 19.7 Å². The van der Waals surface area contributed by atoms with Gasteiger partial charge in [-0.25, -0.2) is 9.67 Å². The molecule has 6 nitrogen and oxygen atoms in total. The summed E-state index contributed by atoms with van der Waals surface area (Å²) in [6.07, 6.45) is 0.0952. The summed E-state index contributed by atoms with van der Waals surface area (Å²) >= 11 is 0. The molecule has 1 aliphatic rings. The Morgan fingerprint density at radius 2 is 2.17 bits per heavy atom. The van der Waals surface area contributed by atoms with Crippen molar-refractivity contribution in [3.05, 3.63) is 47.0 Å². The quantitative estimate of drug-likeness (QED) is 0.859. The topological polar surface area (TPSA) is 67.0 Å². The number of rotatable bonds is 4. The van der Waals surface area contributed by atoms with Crippen molar-refractivity contribution in [1.29, 1.82) is 5.26 Å². The van der Waals surface area contributed by atoms with Gasteiger partial charge in [0, 0.05) is 19.6 Å². The molecule has 1 atom stereocenters. The zero-order valence-corrected chi connectivity index (χ0v) is 13.6. The maximum Gasteiger partial charge on any atom is 0.147 e. The molecule has 1 fully saturated rings. The number of hydrogen-bond acceptors (Lipinski definition) is 5. The lowest BCUT2D eigenvalue weighted by Gasteiger charge is -2.33. The van der Waals surface area contributed by atoms with Gasteiger partial charge in [0.1, 0.15) is 11.6 Å². The minimum Gasteiger partial charge on any atom is -0.374 e. The second-order valence-electron chi connectivity index (χ2n) is 5.89. The van der Waals surface area contributed by atoms with E-state index in [2.05, 4.69) is 21.1 Å². The Hall–Kier alpha value is -2.23. The van der Waals surface area contributed by atoms with Gasteiger partial charge in [0.2, 0.25) is 0 Å². The first-order valence-electron chi connectivity index (χ1n) is 7.85. The van der Waals surface area contributed by atoms with Crippen molar-refractivity contribution in [1.82, 2.24) is 19.7 Å². The van der Waals surface area contributed by atoms with Gasteiger partial charge >= 0.3 is 0 Å². The van der Waals surface area contributed by atoms with Gasteiger partial charge in [-0.05, 0) is 25.5 Å². The number of aromatic nitrogens is 3. The van der Waals surface area contributed by atoms with Crippen molar-refractivity contribution >= 4 is 0 Å². The Morgan fingerprint density at radius 3 is 2.91 bits per heavy atom. The molecule has 2 heterocycles. The van der Waals surface area contributed by atoms with E-state index in [-0.39, 0.29) is 6.10 Å². The van der Waals surface area contributed by atoms with Crippen LogP contribution < -0.4 is 0 Å². The molecule has 2 aromatic rings. The fourth-order valence-electron chi connectivity index (χ4n) is 2.97. The van der Waals surface area contributed by atoms with Crippen LogP contribution in [0.4, 0.5) is 0 Å². The molecule has 0 unspecified atom stereocenters. The van der Waals surface area contributed by atoms with Crippen LogP contribution in [0.25, 0.3) is 0 Å². The average molecular weight is 311 g/mol. The molecule has 0 bridgehead atoms. The van der Waals surface area contributed by atoms with Crippen molar-refractivity contribution in [2.24, 2.45) is 0 Å². The van der Waals surface area contributed by atoms with E-state index >= 15 is 0 Å². The van der Waals surface area contributed by atoms with E-state index in [0.29, 0.717) is 13.2 Å². The normalized spacial score (nSPS) is 18.7. The molecule has 0 spiro atoms. The number of nitrogens with zero attached hydrogens (tertiary/aromatic N) is 5. The van der Waals surface area contributed by atoms with Crippen molar-refractivity contribution in [3.8, 4) is 6.07 Å². The van der Waals surface area contributed by atoms with E-state index in [1.165, 1.54) is 0 Å². The molecule has 1 aromatic carbocycles. The minimum absolute atomic E-state index is 0.0952. The number of nitriles is 1. The Bertz CT molecular complexity index is 718. The summed E-state index contributed by atoms with van der Waals surface area (Å²) in [5.41, 5.74) is 1.82. The third-order valence-electron chi connectivity index (χ3n) is 4.09. The minimum atomic E-state index is 0.0952. The predicted molar refractivity (Wildman–Crippen MR) is 85.7 cm³/mol. The van der Waals surface area contributed by atoms with Gasteiger partial charge in [0.05, 0.1) is 30.9 Å². The summed E-state index contributed by atoms with van der Waals surface area (Å²) in [7, 11) is 0. The van der Waals surface area contributed by atoms with E-state index in [1.54, 1.807) is 0 Å². The Kier molecular flexibility index (Phi) is 4.70. The second kappa shape index (κ2) is 6.90. The van der Waals surface area contributed by atoms with Gasteiger partial charge in [-0.1, -0.05) is 18.2 Å². The molecule has 23 heavy (non-hydrogen) atoms. The largest absolute Gasteiger partial charge is 0.374 e. The highest BCUT2D eigenvalue weighted by atomic mass is 16.5. The third kappa shape index (κ3) is 3.76. The van der Waals surface area contributed by atoms with Crippen molar-refractivity contribution in [2.45, 2.75) is 33.0 Å². The summed E-state index contributed by atoms with van der Waals surface area (Å²) in [5.74, 6) is 1.70. The van der Waals surface area contributed by atoms with Gasteiger partial charge in [0.15, 0.2) is 0 Å². The van der Waals surface area contributed by atoms with Gasteiger partial charge in [0.25, 0.3) is 0 Å². The zero-order chi connectivity index (χ0) is 16.2. The van der Waals surface area contributed by atoms with Crippen molar-refractivity contribution < 1.29 is 4.74 Å². The van der Waals surface area contributed by atoms with E-state index < -0.39 is 0 Å². The van der Waals surface area contributed by atoms with Crippen LogP contribution in [0.2, 0.25) is 0 Å². The molecule has 0 aliphatic carbocycles. The molecule has 3 rings (SSSR count).